The van der Waals surface area contributed by atoms with Crippen molar-refractivity contribution < 1.29 is 19.6 Å². The largest absolute Gasteiger partial charge is 0.481 e. The summed E-state index contributed by atoms with van der Waals surface area (Å²) in [6.07, 6.45) is -0.153. The lowest BCUT2D eigenvalue weighted by Crippen LogP contribution is -2.33. The first kappa shape index (κ1) is 15.5. The molecule has 116 valence electrons. The van der Waals surface area contributed by atoms with Crippen LogP contribution in [0.1, 0.15) is 23.8 Å². The number of carboxylic acid groups (broad SMARTS) is 1. The highest BCUT2D eigenvalue weighted by Gasteiger charge is 2.20. The van der Waals surface area contributed by atoms with Crippen LogP contribution in [0.3, 0.4) is 0 Å². The number of carboxylic acids is 1. The number of para-hydroxylation sites is 1. The number of nitrogens with zero attached hydrogens (tertiary/aromatic N) is 2. The lowest BCUT2D eigenvalue weighted by Gasteiger charge is -2.18. The Kier molecular flexibility index (Phi) is 4.40. The average Bonchev–Trinajstić information content (AvgIpc) is 2.90. The zero-order valence-corrected chi connectivity index (χ0v) is 11.9. The number of amides is 1. The molecule has 22 heavy (non-hydrogen) atoms. The minimum atomic E-state index is -0.987. The third kappa shape index (κ3) is 3.05. The molecule has 0 atom stereocenters. The second-order valence-corrected chi connectivity index (χ2v) is 4.71. The number of carbonyl (C=O) groups is 2. The molecule has 1 heterocycles. The van der Waals surface area contributed by atoms with Crippen molar-refractivity contribution in [2.24, 2.45) is 0 Å². The van der Waals surface area contributed by atoms with Gasteiger partial charge < -0.3 is 15.0 Å². The summed E-state index contributed by atoms with van der Waals surface area (Å²) in [5, 5.41) is 20.2. The van der Waals surface area contributed by atoms with Crippen LogP contribution in [0.15, 0.2) is 24.3 Å². The standard InChI is InChI=1S/C14H15N3O5/c1-2-16(7-6-12(18)19)14(20)10-8-9-4-3-5-11(17(21)22)13(9)15-10/h3-5,8,15H,2,6-7H2,1H3,(H,18,19). The Morgan fingerprint density at radius 2 is 2.14 bits per heavy atom. The number of benzene rings is 1. The molecule has 1 amide bonds. The molecule has 0 radical (unpaired) electrons. The first-order valence-corrected chi connectivity index (χ1v) is 6.71. The Labute approximate surface area is 125 Å². The highest BCUT2D eigenvalue weighted by atomic mass is 16.6. The lowest BCUT2D eigenvalue weighted by molar-refractivity contribution is -0.383. The van der Waals surface area contributed by atoms with E-state index in [1.807, 2.05) is 0 Å². The van der Waals surface area contributed by atoms with Crippen molar-refractivity contribution in [3.05, 3.63) is 40.1 Å². The highest BCUT2D eigenvalue weighted by Crippen LogP contribution is 2.25. The summed E-state index contributed by atoms with van der Waals surface area (Å²) in [5.74, 6) is -1.37. The molecule has 1 aromatic heterocycles. The first-order chi connectivity index (χ1) is 10.4. The Balaban J connectivity index is 2.33. The summed E-state index contributed by atoms with van der Waals surface area (Å²) >= 11 is 0. The van der Waals surface area contributed by atoms with Gasteiger partial charge in [0.2, 0.25) is 0 Å². The third-order valence-electron chi connectivity index (χ3n) is 3.33. The number of aromatic amines is 1. The van der Waals surface area contributed by atoms with Crippen LogP contribution in [0.25, 0.3) is 10.9 Å². The number of non-ortho nitro benzene ring substituents is 1. The van der Waals surface area contributed by atoms with E-state index in [1.165, 1.54) is 17.0 Å². The Morgan fingerprint density at radius 1 is 1.41 bits per heavy atom. The number of hydrogen-bond acceptors (Lipinski definition) is 4. The van der Waals surface area contributed by atoms with Crippen LogP contribution in [0, 0.1) is 10.1 Å². The molecule has 0 spiro atoms. The summed E-state index contributed by atoms with van der Waals surface area (Å²) in [7, 11) is 0. The smallest absolute Gasteiger partial charge is 0.305 e. The number of hydrogen-bond donors (Lipinski definition) is 2. The maximum atomic E-state index is 12.4. The van der Waals surface area contributed by atoms with Gasteiger partial charge in [0.25, 0.3) is 11.6 Å². The number of H-pyrrole nitrogens is 1. The maximum Gasteiger partial charge on any atom is 0.305 e. The van der Waals surface area contributed by atoms with Gasteiger partial charge in [0.05, 0.1) is 11.3 Å². The van der Waals surface area contributed by atoms with Crippen LogP contribution in [-0.4, -0.2) is 44.9 Å². The van der Waals surface area contributed by atoms with Crippen molar-refractivity contribution >= 4 is 28.5 Å². The molecule has 2 aromatic rings. The molecule has 0 aliphatic carbocycles. The number of nitro benzene ring substituents is 1. The van der Waals surface area contributed by atoms with E-state index in [9.17, 15) is 19.7 Å². The van der Waals surface area contributed by atoms with E-state index in [0.29, 0.717) is 11.9 Å². The number of aliphatic carboxylic acids is 1. The molecular formula is C14H15N3O5. The fourth-order valence-electron chi connectivity index (χ4n) is 2.21. The summed E-state index contributed by atoms with van der Waals surface area (Å²) in [6, 6.07) is 6.11. The van der Waals surface area contributed by atoms with E-state index in [-0.39, 0.29) is 35.8 Å². The number of rotatable bonds is 6. The monoisotopic (exact) mass is 305 g/mol. The molecule has 0 saturated heterocycles. The molecule has 0 bridgehead atoms. The van der Waals surface area contributed by atoms with Crippen LogP contribution in [0.4, 0.5) is 5.69 Å². The van der Waals surface area contributed by atoms with Gasteiger partial charge in [-0.3, -0.25) is 19.7 Å². The van der Waals surface area contributed by atoms with E-state index >= 15 is 0 Å². The van der Waals surface area contributed by atoms with Gasteiger partial charge in [-0.15, -0.1) is 0 Å². The van der Waals surface area contributed by atoms with E-state index in [0.717, 1.165) is 0 Å². The molecule has 8 nitrogen and oxygen atoms in total. The average molecular weight is 305 g/mol. The normalized spacial score (nSPS) is 10.6. The van der Waals surface area contributed by atoms with Crippen LogP contribution in [-0.2, 0) is 4.79 Å². The quantitative estimate of drug-likeness (QED) is 0.625. The summed E-state index contributed by atoms with van der Waals surface area (Å²) in [4.78, 5) is 37.6. The van der Waals surface area contributed by atoms with Crippen LogP contribution in [0.5, 0.6) is 0 Å². The Hall–Kier alpha value is -2.90. The zero-order chi connectivity index (χ0) is 16.3. The Bertz CT molecular complexity index is 737. The topological polar surface area (TPSA) is 117 Å². The van der Waals surface area contributed by atoms with Gasteiger partial charge in [0.15, 0.2) is 0 Å². The first-order valence-electron chi connectivity index (χ1n) is 6.71. The number of aromatic nitrogens is 1. The minimum Gasteiger partial charge on any atom is -0.481 e. The molecule has 0 saturated carbocycles. The van der Waals surface area contributed by atoms with Crippen molar-refractivity contribution in [1.29, 1.82) is 0 Å². The fraction of sp³-hybridized carbons (Fsp3) is 0.286. The van der Waals surface area contributed by atoms with Gasteiger partial charge >= 0.3 is 5.97 Å². The molecule has 2 N–H and O–H groups in total. The minimum absolute atomic E-state index is 0.0854. The summed E-state index contributed by atoms with van der Waals surface area (Å²) in [5.41, 5.74) is 0.381. The maximum absolute atomic E-state index is 12.4. The number of carbonyl (C=O) groups excluding carboxylic acids is 1. The van der Waals surface area contributed by atoms with Crippen molar-refractivity contribution in [2.75, 3.05) is 13.1 Å². The molecule has 0 aliphatic heterocycles. The van der Waals surface area contributed by atoms with Gasteiger partial charge in [0, 0.05) is 24.5 Å². The second-order valence-electron chi connectivity index (χ2n) is 4.71. The molecule has 0 aliphatic rings. The van der Waals surface area contributed by atoms with Gasteiger partial charge in [-0.25, -0.2) is 0 Å². The van der Waals surface area contributed by atoms with Gasteiger partial charge in [0.1, 0.15) is 11.2 Å². The highest BCUT2D eigenvalue weighted by molar-refractivity contribution is 6.00. The van der Waals surface area contributed by atoms with Crippen LogP contribution in [0.2, 0.25) is 0 Å². The molecule has 0 fully saturated rings. The van der Waals surface area contributed by atoms with Crippen molar-refractivity contribution in [3.8, 4) is 0 Å². The molecule has 8 heteroatoms. The predicted octanol–water partition coefficient (Wildman–Crippen LogP) is 2.01. The third-order valence-corrected chi connectivity index (χ3v) is 3.33. The molecule has 2 rings (SSSR count). The molecule has 1 aromatic carbocycles. The van der Waals surface area contributed by atoms with Gasteiger partial charge in [-0.05, 0) is 13.0 Å². The van der Waals surface area contributed by atoms with Crippen molar-refractivity contribution in [3.63, 3.8) is 0 Å². The Morgan fingerprint density at radius 3 is 2.73 bits per heavy atom. The summed E-state index contributed by atoms with van der Waals surface area (Å²) < 4.78 is 0. The van der Waals surface area contributed by atoms with E-state index in [2.05, 4.69) is 4.98 Å². The number of nitrogens with one attached hydrogen (secondary N) is 1. The zero-order valence-electron chi connectivity index (χ0n) is 11.9. The van der Waals surface area contributed by atoms with E-state index in [1.54, 1.807) is 19.1 Å². The molecular weight excluding hydrogens is 290 g/mol. The van der Waals surface area contributed by atoms with E-state index in [4.69, 9.17) is 5.11 Å². The second kappa shape index (κ2) is 6.25. The molecule has 0 unspecified atom stereocenters. The van der Waals surface area contributed by atoms with Crippen molar-refractivity contribution in [2.45, 2.75) is 13.3 Å². The predicted molar refractivity (Wildman–Crippen MR) is 78.8 cm³/mol. The SMILES string of the molecule is CCN(CCC(=O)O)C(=O)c1cc2cccc([N+](=O)[O-])c2[nH]1. The number of nitro groups is 1. The lowest BCUT2D eigenvalue weighted by atomic mass is 10.2. The van der Waals surface area contributed by atoms with Crippen LogP contribution < -0.4 is 0 Å². The number of fused-ring (bicyclic) bond motifs is 1. The fourth-order valence-corrected chi connectivity index (χ4v) is 2.21. The van der Waals surface area contributed by atoms with Crippen molar-refractivity contribution in [1.82, 2.24) is 9.88 Å². The van der Waals surface area contributed by atoms with Gasteiger partial charge in [-0.2, -0.15) is 0 Å². The van der Waals surface area contributed by atoms with Gasteiger partial charge in [-0.1, -0.05) is 12.1 Å². The summed E-state index contributed by atoms with van der Waals surface area (Å²) in [6.45, 7) is 2.18. The van der Waals surface area contributed by atoms with E-state index < -0.39 is 10.9 Å². The van der Waals surface area contributed by atoms with Crippen LogP contribution >= 0.6 is 0 Å².